The molecule has 0 spiro atoms. The predicted octanol–water partition coefficient (Wildman–Crippen LogP) is 3.77. The number of nitrogens with one attached hydrogen (secondary N) is 1. The van der Waals surface area contributed by atoms with Gasteiger partial charge in [-0.3, -0.25) is 14.9 Å². The molecule has 0 aromatic heterocycles. The lowest BCUT2D eigenvalue weighted by Gasteiger charge is -2.30. The third-order valence-electron chi connectivity index (χ3n) is 5.66. The summed E-state index contributed by atoms with van der Waals surface area (Å²) in [5.41, 5.74) is 1.12. The number of hydrogen-bond donors (Lipinski definition) is 1. The van der Waals surface area contributed by atoms with Crippen LogP contribution in [0.5, 0.6) is 5.75 Å². The van der Waals surface area contributed by atoms with Gasteiger partial charge >= 0.3 is 0 Å². The highest BCUT2D eigenvalue weighted by Gasteiger charge is 2.32. The Hall–Kier alpha value is -2.98. The quantitative estimate of drug-likeness (QED) is 0.495. The van der Waals surface area contributed by atoms with Crippen LogP contribution in [-0.2, 0) is 14.8 Å². The van der Waals surface area contributed by atoms with Crippen molar-refractivity contribution in [1.82, 2.24) is 4.31 Å². The number of piperidine rings is 1. The van der Waals surface area contributed by atoms with E-state index in [9.17, 15) is 23.3 Å². The lowest BCUT2D eigenvalue weighted by atomic mass is 9.97. The maximum atomic E-state index is 13.0. The molecule has 0 bridgehead atoms. The number of hydrogen-bond acceptors (Lipinski definition) is 6. The van der Waals surface area contributed by atoms with Gasteiger partial charge in [0, 0.05) is 31.1 Å². The van der Waals surface area contributed by atoms with Crippen LogP contribution in [0, 0.1) is 16.0 Å². The predicted molar refractivity (Wildman–Crippen MR) is 120 cm³/mol. The van der Waals surface area contributed by atoms with Gasteiger partial charge in [-0.1, -0.05) is 26.0 Å². The molecule has 0 unspecified atom stereocenters. The second kappa shape index (κ2) is 9.66. The van der Waals surface area contributed by atoms with E-state index in [1.54, 1.807) is 12.1 Å². The number of nitro groups is 1. The fourth-order valence-electron chi connectivity index (χ4n) is 3.67. The van der Waals surface area contributed by atoms with Crippen LogP contribution in [-0.4, -0.2) is 43.8 Å². The largest absolute Gasteiger partial charge is 0.495 e. The molecular formula is C22H27N3O6S. The smallest absolute Gasteiger partial charge is 0.271 e. The summed E-state index contributed by atoms with van der Waals surface area (Å²) >= 11 is 0. The van der Waals surface area contributed by atoms with E-state index in [1.807, 2.05) is 26.0 Å². The van der Waals surface area contributed by atoms with Gasteiger partial charge in [-0.2, -0.15) is 4.31 Å². The third-order valence-corrected chi connectivity index (χ3v) is 7.57. The van der Waals surface area contributed by atoms with E-state index in [0.29, 0.717) is 24.5 Å². The van der Waals surface area contributed by atoms with Crippen LogP contribution in [0.25, 0.3) is 0 Å². The van der Waals surface area contributed by atoms with Crippen molar-refractivity contribution in [2.24, 2.45) is 5.92 Å². The SMILES string of the molecule is COc1ccc([N+](=O)[O-])cc1NC(=O)C1CCN(S(=O)(=O)c2ccc(C(C)C)cc2)CC1. The van der Waals surface area contributed by atoms with Crippen molar-refractivity contribution in [3.8, 4) is 5.75 Å². The summed E-state index contributed by atoms with van der Waals surface area (Å²) in [6.07, 6.45) is 0.707. The first-order valence-corrected chi connectivity index (χ1v) is 11.8. The van der Waals surface area contributed by atoms with E-state index in [0.717, 1.165) is 5.56 Å². The number of carbonyl (C=O) groups is 1. The molecule has 10 heteroatoms. The van der Waals surface area contributed by atoms with Crippen LogP contribution in [0.1, 0.15) is 38.2 Å². The minimum Gasteiger partial charge on any atom is -0.495 e. The van der Waals surface area contributed by atoms with E-state index in [4.69, 9.17) is 4.74 Å². The average molecular weight is 462 g/mol. The third kappa shape index (κ3) is 5.08. The molecule has 1 heterocycles. The number of methoxy groups -OCH3 is 1. The minimum absolute atomic E-state index is 0.162. The zero-order chi connectivity index (χ0) is 23.5. The first-order chi connectivity index (χ1) is 15.1. The van der Waals surface area contributed by atoms with E-state index >= 15 is 0 Å². The van der Waals surface area contributed by atoms with Crippen LogP contribution in [0.2, 0.25) is 0 Å². The first-order valence-electron chi connectivity index (χ1n) is 10.4. The fourth-order valence-corrected chi connectivity index (χ4v) is 5.14. The molecular weight excluding hydrogens is 434 g/mol. The van der Waals surface area contributed by atoms with Crippen LogP contribution in [0.15, 0.2) is 47.4 Å². The highest BCUT2D eigenvalue weighted by molar-refractivity contribution is 7.89. The van der Waals surface area contributed by atoms with E-state index < -0.39 is 20.9 Å². The molecule has 9 nitrogen and oxygen atoms in total. The Morgan fingerprint density at radius 2 is 1.78 bits per heavy atom. The van der Waals surface area contributed by atoms with Crippen molar-refractivity contribution in [1.29, 1.82) is 0 Å². The maximum absolute atomic E-state index is 13.0. The number of anilines is 1. The van der Waals surface area contributed by atoms with Gasteiger partial charge in [-0.05, 0) is 42.5 Å². The topological polar surface area (TPSA) is 119 Å². The normalized spacial score (nSPS) is 15.5. The zero-order valence-corrected chi connectivity index (χ0v) is 19.1. The molecule has 0 radical (unpaired) electrons. The number of amides is 1. The lowest BCUT2D eigenvalue weighted by Crippen LogP contribution is -2.41. The summed E-state index contributed by atoms with van der Waals surface area (Å²) in [6.45, 7) is 4.53. The standard InChI is InChI=1S/C22H27N3O6S/c1-15(2)16-4-7-19(8-5-16)32(29,30)24-12-10-17(11-13-24)22(26)23-20-14-18(25(27)28)6-9-21(20)31-3/h4-9,14-15,17H,10-13H2,1-3H3,(H,23,26). The second-order valence-corrected chi connectivity index (χ2v) is 9.97. The van der Waals surface area contributed by atoms with Crippen molar-refractivity contribution < 1.29 is 22.9 Å². The Morgan fingerprint density at radius 3 is 2.31 bits per heavy atom. The van der Waals surface area contributed by atoms with Crippen molar-refractivity contribution in [2.45, 2.75) is 37.5 Å². The van der Waals surface area contributed by atoms with Crippen molar-refractivity contribution in [2.75, 3.05) is 25.5 Å². The summed E-state index contributed by atoms with van der Waals surface area (Å²) in [7, 11) is -2.22. The van der Waals surface area contributed by atoms with Crippen molar-refractivity contribution in [3.63, 3.8) is 0 Å². The van der Waals surface area contributed by atoms with Gasteiger partial charge in [-0.15, -0.1) is 0 Å². The van der Waals surface area contributed by atoms with Crippen molar-refractivity contribution in [3.05, 3.63) is 58.1 Å². The molecule has 172 valence electrons. The average Bonchev–Trinajstić information content (AvgIpc) is 2.79. The molecule has 32 heavy (non-hydrogen) atoms. The molecule has 1 fully saturated rings. The molecule has 1 saturated heterocycles. The number of nitro benzene ring substituents is 1. The Balaban J connectivity index is 1.66. The molecule has 1 aliphatic rings. The molecule has 1 amide bonds. The number of nitrogens with zero attached hydrogens (tertiary/aromatic N) is 2. The Labute approximate surface area is 187 Å². The van der Waals surface area contributed by atoms with Crippen LogP contribution < -0.4 is 10.1 Å². The summed E-state index contributed by atoms with van der Waals surface area (Å²) in [5, 5.41) is 13.7. The number of rotatable bonds is 7. The van der Waals surface area contributed by atoms with E-state index in [-0.39, 0.29) is 35.3 Å². The molecule has 2 aromatic rings. The molecule has 1 N–H and O–H groups in total. The molecule has 2 aromatic carbocycles. The zero-order valence-electron chi connectivity index (χ0n) is 18.3. The summed E-state index contributed by atoms with van der Waals surface area (Å²) < 4.78 is 32.5. The molecule has 0 atom stereocenters. The van der Waals surface area contributed by atoms with Gasteiger partial charge in [-0.25, -0.2) is 8.42 Å². The Kier molecular flexibility index (Phi) is 7.15. The summed E-state index contributed by atoms with van der Waals surface area (Å²) in [4.78, 5) is 23.5. The number of sulfonamides is 1. The second-order valence-electron chi connectivity index (χ2n) is 8.03. The van der Waals surface area contributed by atoms with Gasteiger partial charge in [0.2, 0.25) is 15.9 Å². The highest BCUT2D eigenvalue weighted by atomic mass is 32.2. The Bertz CT molecular complexity index is 1090. The maximum Gasteiger partial charge on any atom is 0.271 e. The Morgan fingerprint density at radius 1 is 1.16 bits per heavy atom. The molecule has 0 saturated carbocycles. The minimum atomic E-state index is -3.63. The number of benzene rings is 2. The van der Waals surface area contributed by atoms with Gasteiger partial charge in [0.25, 0.3) is 5.69 Å². The molecule has 0 aliphatic carbocycles. The van der Waals surface area contributed by atoms with Crippen LogP contribution in [0.4, 0.5) is 11.4 Å². The van der Waals surface area contributed by atoms with Crippen molar-refractivity contribution >= 4 is 27.3 Å². The first kappa shape index (κ1) is 23.7. The molecule has 3 rings (SSSR count). The van der Waals surface area contributed by atoms with Gasteiger partial charge < -0.3 is 10.1 Å². The van der Waals surface area contributed by atoms with Crippen LogP contribution >= 0.6 is 0 Å². The van der Waals surface area contributed by atoms with E-state index in [2.05, 4.69) is 5.32 Å². The lowest BCUT2D eigenvalue weighted by molar-refractivity contribution is -0.384. The van der Waals surface area contributed by atoms with Gasteiger partial charge in [0.1, 0.15) is 5.75 Å². The molecule has 1 aliphatic heterocycles. The summed E-state index contributed by atoms with van der Waals surface area (Å²) in [6, 6.07) is 10.9. The van der Waals surface area contributed by atoms with Gasteiger partial charge in [0.15, 0.2) is 0 Å². The number of ether oxygens (including phenoxy) is 1. The number of carbonyl (C=O) groups excluding carboxylic acids is 1. The fraction of sp³-hybridized carbons (Fsp3) is 0.409. The van der Waals surface area contributed by atoms with E-state index in [1.165, 1.54) is 29.6 Å². The number of non-ortho nitro benzene ring substituents is 1. The van der Waals surface area contributed by atoms with Crippen LogP contribution in [0.3, 0.4) is 0 Å². The van der Waals surface area contributed by atoms with Gasteiger partial charge in [0.05, 0.1) is 22.6 Å². The summed E-state index contributed by atoms with van der Waals surface area (Å²) in [5.74, 6) is -0.102. The monoisotopic (exact) mass is 461 g/mol. The highest BCUT2D eigenvalue weighted by Crippen LogP contribution is 2.31.